The fraction of sp³-hybridized carbons (Fsp3) is 0.588. The van der Waals surface area contributed by atoms with Gasteiger partial charge in [-0.1, -0.05) is 27.7 Å². The molecule has 1 atom stereocenters. The van der Waals surface area contributed by atoms with Gasteiger partial charge in [0, 0.05) is 0 Å². The first kappa shape index (κ1) is 16.5. The van der Waals surface area contributed by atoms with Crippen molar-refractivity contribution in [3.8, 4) is 5.75 Å². The highest BCUT2D eigenvalue weighted by Gasteiger charge is 2.15. The van der Waals surface area contributed by atoms with E-state index in [-0.39, 0.29) is 5.97 Å². The number of hydrogen-bond donors (Lipinski definition) is 0. The number of carbonyl (C=O) groups is 1. The van der Waals surface area contributed by atoms with E-state index in [2.05, 4.69) is 32.4 Å². The Morgan fingerprint density at radius 2 is 1.80 bits per heavy atom. The Hall–Kier alpha value is -1.51. The summed E-state index contributed by atoms with van der Waals surface area (Å²) in [6.07, 6.45) is 2.23. The lowest BCUT2D eigenvalue weighted by molar-refractivity contribution is 0.0600. The summed E-state index contributed by atoms with van der Waals surface area (Å²) < 4.78 is 10.4. The van der Waals surface area contributed by atoms with Gasteiger partial charge in [-0.05, 0) is 48.4 Å². The third-order valence-electron chi connectivity index (χ3n) is 3.12. The summed E-state index contributed by atoms with van der Waals surface area (Å²) in [5.41, 5.74) is 0.905. The molecule has 0 fully saturated rings. The summed E-state index contributed by atoms with van der Waals surface area (Å²) in [5.74, 6) is 1.11. The second-order valence-electron chi connectivity index (χ2n) is 6.52. The van der Waals surface area contributed by atoms with Crippen molar-refractivity contribution >= 4 is 5.97 Å². The molecular weight excluding hydrogens is 252 g/mol. The van der Waals surface area contributed by atoms with Crippen LogP contribution in [0.25, 0.3) is 0 Å². The standard InChI is InChI=1S/C17H26O3/c1-13(12-17(2,3)4)10-11-20-15-8-6-14(7-9-15)16(18)19-5/h6-9,13H,10-12H2,1-5H3. The fourth-order valence-corrected chi connectivity index (χ4v) is 2.33. The predicted molar refractivity (Wildman–Crippen MR) is 81.1 cm³/mol. The number of carbonyl (C=O) groups excluding carboxylic acids is 1. The summed E-state index contributed by atoms with van der Waals surface area (Å²) in [7, 11) is 1.38. The summed E-state index contributed by atoms with van der Waals surface area (Å²) >= 11 is 0. The second-order valence-corrected chi connectivity index (χ2v) is 6.52. The van der Waals surface area contributed by atoms with Crippen molar-refractivity contribution in [2.45, 2.75) is 40.5 Å². The van der Waals surface area contributed by atoms with Gasteiger partial charge in [-0.2, -0.15) is 0 Å². The number of rotatable bonds is 6. The van der Waals surface area contributed by atoms with Gasteiger partial charge >= 0.3 is 5.97 Å². The zero-order valence-electron chi connectivity index (χ0n) is 13.2. The zero-order valence-corrected chi connectivity index (χ0v) is 13.2. The SMILES string of the molecule is COC(=O)c1ccc(OCCC(C)CC(C)(C)C)cc1. The molecule has 112 valence electrons. The molecule has 3 heteroatoms. The van der Waals surface area contributed by atoms with Crippen molar-refractivity contribution in [3.63, 3.8) is 0 Å². The third kappa shape index (κ3) is 6.09. The van der Waals surface area contributed by atoms with E-state index in [1.54, 1.807) is 24.3 Å². The molecule has 1 aromatic carbocycles. The Bertz CT molecular complexity index is 415. The van der Waals surface area contributed by atoms with Gasteiger partial charge in [0.1, 0.15) is 5.75 Å². The molecule has 0 aromatic heterocycles. The highest BCUT2D eigenvalue weighted by atomic mass is 16.5. The van der Waals surface area contributed by atoms with Crippen LogP contribution in [-0.4, -0.2) is 19.7 Å². The van der Waals surface area contributed by atoms with Crippen molar-refractivity contribution in [1.82, 2.24) is 0 Å². The molecule has 0 heterocycles. The number of hydrogen-bond acceptors (Lipinski definition) is 3. The molecular formula is C17H26O3. The van der Waals surface area contributed by atoms with E-state index in [1.807, 2.05) is 0 Å². The molecule has 0 amide bonds. The maximum Gasteiger partial charge on any atom is 0.337 e. The van der Waals surface area contributed by atoms with Crippen LogP contribution in [0.15, 0.2) is 24.3 Å². The number of benzene rings is 1. The Morgan fingerprint density at radius 1 is 1.20 bits per heavy atom. The van der Waals surface area contributed by atoms with Crippen molar-refractivity contribution in [3.05, 3.63) is 29.8 Å². The highest BCUT2D eigenvalue weighted by Crippen LogP contribution is 2.26. The minimum Gasteiger partial charge on any atom is -0.494 e. The summed E-state index contributed by atoms with van der Waals surface area (Å²) in [6.45, 7) is 9.74. The molecule has 1 rings (SSSR count). The Kier molecular flexibility index (Phi) is 6.05. The Balaban J connectivity index is 2.37. The van der Waals surface area contributed by atoms with Gasteiger partial charge in [0.15, 0.2) is 0 Å². The minimum atomic E-state index is -0.324. The van der Waals surface area contributed by atoms with Gasteiger partial charge in [-0.3, -0.25) is 0 Å². The molecule has 0 saturated heterocycles. The average molecular weight is 278 g/mol. The lowest BCUT2D eigenvalue weighted by Crippen LogP contribution is -2.13. The van der Waals surface area contributed by atoms with E-state index in [1.165, 1.54) is 13.5 Å². The van der Waals surface area contributed by atoms with Crippen molar-refractivity contribution in [1.29, 1.82) is 0 Å². The van der Waals surface area contributed by atoms with Crippen LogP contribution in [0.4, 0.5) is 0 Å². The Morgan fingerprint density at radius 3 is 2.30 bits per heavy atom. The topological polar surface area (TPSA) is 35.5 Å². The largest absolute Gasteiger partial charge is 0.494 e. The molecule has 0 aliphatic carbocycles. The van der Waals surface area contributed by atoms with Crippen LogP contribution in [0.5, 0.6) is 5.75 Å². The van der Waals surface area contributed by atoms with Crippen molar-refractivity contribution in [2.24, 2.45) is 11.3 Å². The van der Waals surface area contributed by atoms with E-state index < -0.39 is 0 Å². The molecule has 0 aliphatic heterocycles. The van der Waals surface area contributed by atoms with Crippen LogP contribution in [-0.2, 0) is 4.74 Å². The maximum absolute atomic E-state index is 11.3. The average Bonchev–Trinajstić information content (AvgIpc) is 2.36. The van der Waals surface area contributed by atoms with Crippen LogP contribution >= 0.6 is 0 Å². The van der Waals surface area contributed by atoms with E-state index in [9.17, 15) is 4.79 Å². The van der Waals surface area contributed by atoms with Gasteiger partial charge in [-0.25, -0.2) is 4.79 Å². The lowest BCUT2D eigenvalue weighted by Gasteiger charge is -2.23. The Labute approximate surface area is 122 Å². The lowest BCUT2D eigenvalue weighted by atomic mass is 9.84. The number of methoxy groups -OCH3 is 1. The molecule has 0 aliphatic rings. The summed E-state index contributed by atoms with van der Waals surface area (Å²) in [6, 6.07) is 7.06. The molecule has 3 nitrogen and oxygen atoms in total. The van der Waals surface area contributed by atoms with Gasteiger partial charge < -0.3 is 9.47 Å². The van der Waals surface area contributed by atoms with E-state index >= 15 is 0 Å². The maximum atomic E-state index is 11.3. The smallest absolute Gasteiger partial charge is 0.337 e. The van der Waals surface area contributed by atoms with Gasteiger partial charge in [-0.15, -0.1) is 0 Å². The molecule has 1 unspecified atom stereocenters. The highest BCUT2D eigenvalue weighted by molar-refractivity contribution is 5.89. The van der Waals surface area contributed by atoms with Crippen LogP contribution in [0.3, 0.4) is 0 Å². The number of esters is 1. The monoisotopic (exact) mass is 278 g/mol. The van der Waals surface area contributed by atoms with Crippen molar-refractivity contribution in [2.75, 3.05) is 13.7 Å². The summed E-state index contributed by atoms with van der Waals surface area (Å²) in [4.78, 5) is 11.3. The quantitative estimate of drug-likeness (QED) is 0.727. The first-order valence-electron chi connectivity index (χ1n) is 7.13. The summed E-state index contributed by atoms with van der Waals surface area (Å²) in [5, 5.41) is 0. The van der Waals surface area contributed by atoms with E-state index in [0.717, 1.165) is 12.2 Å². The van der Waals surface area contributed by atoms with Gasteiger partial charge in [0.05, 0.1) is 19.3 Å². The van der Waals surface area contributed by atoms with Gasteiger partial charge in [0.25, 0.3) is 0 Å². The normalized spacial score (nSPS) is 12.8. The molecule has 0 bridgehead atoms. The first-order chi connectivity index (χ1) is 9.31. The zero-order chi connectivity index (χ0) is 15.2. The van der Waals surface area contributed by atoms with Crippen molar-refractivity contribution < 1.29 is 14.3 Å². The van der Waals surface area contributed by atoms with E-state index in [4.69, 9.17) is 4.74 Å². The molecule has 20 heavy (non-hydrogen) atoms. The van der Waals surface area contributed by atoms with Crippen LogP contribution in [0.1, 0.15) is 50.9 Å². The fourth-order valence-electron chi connectivity index (χ4n) is 2.33. The van der Waals surface area contributed by atoms with Gasteiger partial charge in [0.2, 0.25) is 0 Å². The van der Waals surface area contributed by atoms with E-state index in [0.29, 0.717) is 23.5 Å². The molecule has 0 saturated carbocycles. The van der Waals surface area contributed by atoms with Crippen LogP contribution in [0.2, 0.25) is 0 Å². The van der Waals surface area contributed by atoms with Crippen LogP contribution in [0, 0.1) is 11.3 Å². The molecule has 0 N–H and O–H groups in total. The number of ether oxygens (including phenoxy) is 2. The molecule has 1 aromatic rings. The third-order valence-corrected chi connectivity index (χ3v) is 3.12. The van der Waals surface area contributed by atoms with Crippen LogP contribution < -0.4 is 4.74 Å². The first-order valence-corrected chi connectivity index (χ1v) is 7.13. The predicted octanol–water partition coefficient (Wildman–Crippen LogP) is 4.31. The molecule has 0 spiro atoms. The minimum absolute atomic E-state index is 0.324. The second kappa shape index (κ2) is 7.32. The molecule has 0 radical (unpaired) electrons.